The highest BCUT2D eigenvalue weighted by Gasteiger charge is 2.23. The van der Waals surface area contributed by atoms with Gasteiger partial charge in [-0.3, -0.25) is 14.9 Å². The minimum absolute atomic E-state index is 0.0199. The smallest absolute Gasteiger partial charge is 0.339 e. The van der Waals surface area contributed by atoms with E-state index in [1.165, 1.54) is 38.1 Å². The van der Waals surface area contributed by atoms with Crippen LogP contribution >= 0.6 is 0 Å². The molecular formula is C14H18N2O6. The van der Waals surface area contributed by atoms with Crippen LogP contribution in [0.25, 0.3) is 0 Å². The zero-order valence-corrected chi connectivity index (χ0v) is 12.9. The number of amides is 1. The van der Waals surface area contributed by atoms with Gasteiger partial charge in [-0.25, -0.2) is 4.79 Å². The maximum absolute atomic E-state index is 12.0. The van der Waals surface area contributed by atoms with E-state index < -0.39 is 17.0 Å². The number of ether oxygens (including phenoxy) is 2. The average Bonchev–Trinajstić information content (AvgIpc) is 2.46. The number of nitrogens with zero attached hydrogens (tertiary/aromatic N) is 2. The zero-order valence-electron chi connectivity index (χ0n) is 12.9. The van der Waals surface area contributed by atoms with Gasteiger partial charge in [-0.15, -0.1) is 0 Å². The van der Waals surface area contributed by atoms with Crippen LogP contribution < -0.4 is 4.74 Å². The second-order valence-corrected chi connectivity index (χ2v) is 4.65. The summed E-state index contributed by atoms with van der Waals surface area (Å²) in [7, 11) is 3.07. The molecule has 0 saturated carbocycles. The first kappa shape index (κ1) is 17.4. The molecule has 22 heavy (non-hydrogen) atoms. The van der Waals surface area contributed by atoms with Crippen LogP contribution in [0.3, 0.4) is 0 Å². The molecule has 1 rings (SSSR count). The summed E-state index contributed by atoms with van der Waals surface area (Å²) in [6.07, 6.45) is -0.979. The molecule has 0 fully saturated rings. The maximum atomic E-state index is 12.0. The van der Waals surface area contributed by atoms with Crippen molar-refractivity contribution in [3.8, 4) is 5.75 Å². The van der Waals surface area contributed by atoms with Crippen molar-refractivity contribution < 1.29 is 24.0 Å². The summed E-state index contributed by atoms with van der Waals surface area (Å²) in [6.45, 7) is 3.39. The number of carbonyl (C=O) groups excluding carboxylic acids is 2. The van der Waals surface area contributed by atoms with Crippen molar-refractivity contribution in [2.75, 3.05) is 20.7 Å². The predicted octanol–water partition coefficient (Wildman–Crippen LogP) is 1.63. The summed E-state index contributed by atoms with van der Waals surface area (Å²) in [6, 6.07) is 3.75. The highest BCUT2D eigenvalue weighted by Crippen LogP contribution is 2.28. The second-order valence-electron chi connectivity index (χ2n) is 4.65. The lowest BCUT2D eigenvalue weighted by Crippen LogP contribution is -2.34. The topological polar surface area (TPSA) is 99.0 Å². The molecule has 0 unspecified atom stereocenters. The fourth-order valence-electron chi connectivity index (χ4n) is 1.71. The lowest BCUT2D eigenvalue weighted by Gasteiger charge is -2.17. The van der Waals surface area contributed by atoms with Crippen LogP contribution in [-0.4, -0.2) is 48.5 Å². The monoisotopic (exact) mass is 310 g/mol. The molecule has 1 amide bonds. The molecule has 0 saturated heterocycles. The van der Waals surface area contributed by atoms with Gasteiger partial charge in [-0.05, 0) is 26.0 Å². The van der Waals surface area contributed by atoms with Crippen LogP contribution in [0.5, 0.6) is 5.75 Å². The van der Waals surface area contributed by atoms with Gasteiger partial charge >= 0.3 is 11.7 Å². The van der Waals surface area contributed by atoms with Crippen molar-refractivity contribution in [3.63, 3.8) is 0 Å². The number of carbonyl (C=O) groups is 2. The van der Waals surface area contributed by atoms with E-state index >= 15 is 0 Å². The summed E-state index contributed by atoms with van der Waals surface area (Å²) < 4.78 is 10.1. The van der Waals surface area contributed by atoms with Gasteiger partial charge in [0, 0.05) is 20.2 Å². The van der Waals surface area contributed by atoms with Crippen LogP contribution in [0.2, 0.25) is 0 Å². The van der Waals surface area contributed by atoms with Gasteiger partial charge in [0.05, 0.1) is 17.1 Å². The molecule has 0 aliphatic carbocycles. The zero-order chi connectivity index (χ0) is 16.9. The van der Waals surface area contributed by atoms with Crippen LogP contribution in [0.15, 0.2) is 18.2 Å². The molecule has 8 nitrogen and oxygen atoms in total. The maximum Gasteiger partial charge on any atom is 0.339 e. The number of rotatable bonds is 6. The van der Waals surface area contributed by atoms with E-state index in [1.807, 2.05) is 0 Å². The van der Waals surface area contributed by atoms with E-state index in [4.69, 9.17) is 9.47 Å². The Balaban J connectivity index is 2.97. The highest BCUT2D eigenvalue weighted by atomic mass is 16.6. The molecule has 0 aliphatic rings. The van der Waals surface area contributed by atoms with Gasteiger partial charge in [-0.1, -0.05) is 0 Å². The van der Waals surface area contributed by atoms with Crippen molar-refractivity contribution in [2.45, 2.75) is 20.0 Å². The molecule has 1 aromatic rings. The third kappa shape index (κ3) is 4.18. The third-order valence-corrected chi connectivity index (χ3v) is 2.76. The standard InChI is InChI=1S/C14H18N2O6/c1-5-21-12-7-6-10(8-11(12)16(19)20)14(18)22-9(2)13(17)15(3)4/h6-9H,5H2,1-4H3/t9-/m0/s1. The quantitative estimate of drug-likeness (QED) is 0.450. The lowest BCUT2D eigenvalue weighted by molar-refractivity contribution is -0.385. The molecule has 0 bridgehead atoms. The Labute approximate surface area is 127 Å². The van der Waals surface area contributed by atoms with Gasteiger partial charge in [0.25, 0.3) is 5.91 Å². The Hall–Kier alpha value is -2.64. The molecule has 8 heteroatoms. The highest BCUT2D eigenvalue weighted by molar-refractivity contribution is 5.93. The van der Waals surface area contributed by atoms with Crippen LogP contribution in [0.1, 0.15) is 24.2 Å². The number of hydrogen-bond acceptors (Lipinski definition) is 6. The van der Waals surface area contributed by atoms with E-state index in [0.717, 1.165) is 6.07 Å². The van der Waals surface area contributed by atoms with Gasteiger partial charge in [-0.2, -0.15) is 0 Å². The fourth-order valence-corrected chi connectivity index (χ4v) is 1.71. The molecule has 1 aromatic carbocycles. The van der Waals surface area contributed by atoms with Gasteiger partial charge in [0.1, 0.15) is 0 Å². The molecular weight excluding hydrogens is 292 g/mol. The average molecular weight is 310 g/mol. The summed E-state index contributed by atoms with van der Waals surface area (Å²) in [5, 5.41) is 11.0. The van der Waals surface area contributed by atoms with Crippen molar-refractivity contribution in [3.05, 3.63) is 33.9 Å². The lowest BCUT2D eigenvalue weighted by atomic mass is 10.2. The predicted molar refractivity (Wildman–Crippen MR) is 77.8 cm³/mol. The van der Waals surface area contributed by atoms with Gasteiger partial charge < -0.3 is 14.4 Å². The molecule has 0 spiro atoms. The Bertz CT molecular complexity index is 585. The number of nitro benzene ring substituents is 1. The SMILES string of the molecule is CCOc1ccc(C(=O)O[C@@H](C)C(=O)N(C)C)cc1[N+](=O)[O-]. The van der Waals surface area contributed by atoms with Crippen LogP contribution in [0.4, 0.5) is 5.69 Å². The fraction of sp³-hybridized carbons (Fsp3) is 0.429. The minimum Gasteiger partial charge on any atom is -0.487 e. The summed E-state index contributed by atoms with van der Waals surface area (Å²) in [5.41, 5.74) is -0.351. The van der Waals surface area contributed by atoms with E-state index in [1.54, 1.807) is 6.92 Å². The first-order valence-electron chi connectivity index (χ1n) is 6.61. The molecule has 0 heterocycles. The molecule has 0 aliphatic heterocycles. The largest absolute Gasteiger partial charge is 0.487 e. The first-order valence-corrected chi connectivity index (χ1v) is 6.61. The molecule has 0 aromatic heterocycles. The summed E-state index contributed by atoms with van der Waals surface area (Å²) in [4.78, 5) is 35.3. The molecule has 0 radical (unpaired) electrons. The van der Waals surface area contributed by atoms with Crippen molar-refractivity contribution in [1.29, 1.82) is 0 Å². The van der Waals surface area contributed by atoms with E-state index in [0.29, 0.717) is 0 Å². The molecule has 1 atom stereocenters. The van der Waals surface area contributed by atoms with Crippen molar-refractivity contribution in [2.24, 2.45) is 0 Å². The number of likely N-dealkylation sites (N-methyl/N-ethyl adjacent to an activating group) is 1. The summed E-state index contributed by atoms with van der Waals surface area (Å²) >= 11 is 0. The van der Waals surface area contributed by atoms with Crippen molar-refractivity contribution >= 4 is 17.6 Å². The van der Waals surface area contributed by atoms with Gasteiger partial charge in [0.2, 0.25) is 0 Å². The number of hydrogen-bond donors (Lipinski definition) is 0. The number of esters is 1. The molecule has 0 N–H and O–H groups in total. The summed E-state index contributed by atoms with van der Waals surface area (Å²) in [5.74, 6) is -1.12. The van der Waals surface area contributed by atoms with Crippen LogP contribution in [-0.2, 0) is 9.53 Å². The second kappa shape index (κ2) is 7.39. The van der Waals surface area contributed by atoms with E-state index in [9.17, 15) is 19.7 Å². The Kier molecular flexibility index (Phi) is 5.85. The van der Waals surface area contributed by atoms with Crippen LogP contribution in [0, 0.1) is 10.1 Å². The Morgan fingerprint density at radius 2 is 2.00 bits per heavy atom. The molecule has 120 valence electrons. The Morgan fingerprint density at radius 3 is 2.50 bits per heavy atom. The first-order chi connectivity index (χ1) is 10.3. The van der Waals surface area contributed by atoms with Crippen molar-refractivity contribution in [1.82, 2.24) is 4.90 Å². The van der Waals surface area contributed by atoms with Gasteiger partial charge in [0.15, 0.2) is 11.9 Å². The minimum atomic E-state index is -0.979. The van der Waals surface area contributed by atoms with E-state index in [-0.39, 0.29) is 29.5 Å². The normalized spacial score (nSPS) is 11.5. The number of benzene rings is 1. The Morgan fingerprint density at radius 1 is 1.36 bits per heavy atom. The third-order valence-electron chi connectivity index (χ3n) is 2.76. The van der Waals surface area contributed by atoms with E-state index in [2.05, 4.69) is 0 Å². The number of nitro groups is 1.